The topological polar surface area (TPSA) is 105 Å². The van der Waals surface area contributed by atoms with Gasteiger partial charge in [0.1, 0.15) is 12.6 Å². The van der Waals surface area contributed by atoms with Crippen LogP contribution in [0.1, 0.15) is 50.2 Å². The summed E-state index contributed by atoms with van der Waals surface area (Å²) in [6.45, 7) is 7.29. The molecule has 3 N–H and O–H groups in total. The van der Waals surface area contributed by atoms with E-state index >= 15 is 0 Å². The maximum Gasteiger partial charge on any atom is 0.407 e. The minimum Gasteiger partial charge on any atom is -0.480 e. The molecule has 2 aromatic rings. The molecule has 0 aliphatic heterocycles. The van der Waals surface area contributed by atoms with Crippen molar-refractivity contribution >= 4 is 18.0 Å². The van der Waals surface area contributed by atoms with Crippen LogP contribution in [0.3, 0.4) is 0 Å². The minimum absolute atomic E-state index is 0.0325. The fraction of sp³-hybridized carbons (Fsp3) is 0.346. The fourth-order valence-electron chi connectivity index (χ4n) is 4.05. The summed E-state index contributed by atoms with van der Waals surface area (Å²) in [4.78, 5) is 35.8. The Morgan fingerprint density at radius 3 is 2.21 bits per heavy atom. The number of hydrogen-bond acceptors (Lipinski definition) is 4. The summed E-state index contributed by atoms with van der Waals surface area (Å²) in [6.07, 6.45) is 1.42. The molecule has 0 spiro atoms. The summed E-state index contributed by atoms with van der Waals surface area (Å²) in [7, 11) is 0. The van der Waals surface area contributed by atoms with E-state index < -0.39 is 29.6 Å². The first-order valence-electron chi connectivity index (χ1n) is 11.0. The lowest BCUT2D eigenvalue weighted by Crippen LogP contribution is -2.46. The Balaban J connectivity index is 1.53. The Morgan fingerprint density at radius 2 is 1.67 bits per heavy atom. The number of carboxylic acid groups (broad SMARTS) is 1. The minimum atomic E-state index is -1.11. The number of rotatable bonds is 10. The van der Waals surface area contributed by atoms with Gasteiger partial charge in [0.2, 0.25) is 5.91 Å². The van der Waals surface area contributed by atoms with E-state index in [4.69, 9.17) is 9.84 Å². The van der Waals surface area contributed by atoms with Gasteiger partial charge in [-0.3, -0.25) is 4.79 Å². The first kappa shape index (κ1) is 24.0. The van der Waals surface area contributed by atoms with Gasteiger partial charge in [-0.1, -0.05) is 54.6 Å². The van der Waals surface area contributed by atoms with E-state index in [0.717, 1.165) is 22.3 Å². The van der Waals surface area contributed by atoms with Gasteiger partial charge in [0, 0.05) is 17.9 Å². The number of benzene rings is 2. The van der Waals surface area contributed by atoms with E-state index in [2.05, 4.69) is 41.5 Å². The molecular weight excluding hydrogens is 420 g/mol. The highest BCUT2D eigenvalue weighted by molar-refractivity contribution is 5.83. The number of nitrogens with one attached hydrogen (secondary N) is 2. The van der Waals surface area contributed by atoms with Crippen LogP contribution in [-0.2, 0) is 14.3 Å². The van der Waals surface area contributed by atoms with Gasteiger partial charge in [-0.2, -0.15) is 0 Å². The average Bonchev–Trinajstić information content (AvgIpc) is 3.09. The zero-order chi connectivity index (χ0) is 24.0. The first-order chi connectivity index (χ1) is 15.7. The van der Waals surface area contributed by atoms with E-state index in [0.29, 0.717) is 6.42 Å². The molecule has 0 saturated carbocycles. The van der Waals surface area contributed by atoms with Gasteiger partial charge < -0.3 is 20.5 Å². The highest BCUT2D eigenvalue weighted by Gasteiger charge is 2.30. The quantitative estimate of drug-likeness (QED) is 0.470. The Bertz CT molecular complexity index is 1000. The Morgan fingerprint density at radius 1 is 1.09 bits per heavy atom. The van der Waals surface area contributed by atoms with E-state index in [-0.39, 0.29) is 25.4 Å². The molecule has 174 valence electrons. The van der Waals surface area contributed by atoms with E-state index in [1.165, 1.54) is 6.08 Å². The number of alkyl carbamates (subject to hydrolysis) is 1. The second-order valence-electron chi connectivity index (χ2n) is 8.82. The van der Waals surface area contributed by atoms with Crippen molar-refractivity contribution in [2.75, 3.05) is 6.61 Å². The third-order valence-corrected chi connectivity index (χ3v) is 5.80. The van der Waals surface area contributed by atoms with Crippen molar-refractivity contribution in [1.29, 1.82) is 0 Å². The Hall–Kier alpha value is -3.61. The number of amides is 2. The van der Waals surface area contributed by atoms with E-state index in [1.54, 1.807) is 13.8 Å². The van der Waals surface area contributed by atoms with Gasteiger partial charge >= 0.3 is 12.1 Å². The lowest BCUT2D eigenvalue weighted by Gasteiger charge is -2.26. The SMILES string of the molecule is C=CCC(NC(=O)CCC(C)(C)NC(=O)OCC1c2ccccc2-c2ccccc21)C(=O)O. The van der Waals surface area contributed by atoms with Crippen molar-refractivity contribution < 1.29 is 24.2 Å². The van der Waals surface area contributed by atoms with Crippen LogP contribution in [0, 0.1) is 0 Å². The third kappa shape index (κ3) is 6.00. The van der Waals surface area contributed by atoms with Crippen LogP contribution in [0.5, 0.6) is 0 Å². The molecule has 0 radical (unpaired) electrons. The molecule has 7 heteroatoms. The number of carbonyl (C=O) groups is 3. The molecule has 0 heterocycles. The Kier molecular flexibility index (Phi) is 7.53. The fourth-order valence-corrected chi connectivity index (χ4v) is 4.05. The van der Waals surface area contributed by atoms with Crippen molar-refractivity contribution in [3.05, 3.63) is 72.3 Å². The molecule has 33 heavy (non-hydrogen) atoms. The Labute approximate surface area is 193 Å². The van der Waals surface area contributed by atoms with Crippen molar-refractivity contribution in [1.82, 2.24) is 10.6 Å². The first-order valence-corrected chi connectivity index (χ1v) is 11.0. The third-order valence-electron chi connectivity index (χ3n) is 5.80. The number of fused-ring (bicyclic) bond motifs is 3. The molecule has 0 aromatic heterocycles. The molecule has 7 nitrogen and oxygen atoms in total. The summed E-state index contributed by atoms with van der Waals surface area (Å²) in [5.41, 5.74) is 3.87. The largest absolute Gasteiger partial charge is 0.480 e. The van der Waals surface area contributed by atoms with E-state index in [9.17, 15) is 14.4 Å². The smallest absolute Gasteiger partial charge is 0.407 e. The molecule has 2 amide bonds. The van der Waals surface area contributed by atoms with E-state index in [1.807, 2.05) is 24.3 Å². The molecule has 1 unspecified atom stereocenters. The molecule has 1 aliphatic rings. The van der Waals surface area contributed by atoms with Gasteiger partial charge in [-0.15, -0.1) is 6.58 Å². The molecule has 0 saturated heterocycles. The summed E-state index contributed by atoms with van der Waals surface area (Å²) >= 11 is 0. The number of hydrogen-bond donors (Lipinski definition) is 3. The van der Waals surface area contributed by atoms with Crippen LogP contribution < -0.4 is 10.6 Å². The number of ether oxygens (including phenoxy) is 1. The van der Waals surface area contributed by atoms with Gasteiger partial charge in [-0.25, -0.2) is 9.59 Å². The van der Waals surface area contributed by atoms with Crippen LogP contribution in [0.25, 0.3) is 11.1 Å². The molecule has 3 rings (SSSR count). The summed E-state index contributed by atoms with van der Waals surface area (Å²) < 4.78 is 5.57. The lowest BCUT2D eigenvalue weighted by molar-refractivity contribution is -0.141. The second-order valence-corrected chi connectivity index (χ2v) is 8.82. The molecule has 1 aliphatic carbocycles. The zero-order valence-electron chi connectivity index (χ0n) is 19.0. The van der Waals surface area contributed by atoms with Crippen molar-refractivity contribution in [3.63, 3.8) is 0 Å². The normalized spacial score (nSPS) is 13.4. The van der Waals surface area contributed by atoms with Crippen molar-refractivity contribution in [2.45, 2.75) is 50.6 Å². The molecule has 0 fully saturated rings. The van der Waals surface area contributed by atoms with Crippen molar-refractivity contribution in [2.24, 2.45) is 0 Å². The monoisotopic (exact) mass is 450 g/mol. The predicted molar refractivity (Wildman–Crippen MR) is 126 cm³/mol. The number of aliphatic carboxylic acids is 1. The summed E-state index contributed by atoms with van der Waals surface area (Å²) in [6, 6.07) is 15.2. The maximum absolute atomic E-state index is 12.5. The molecule has 2 aromatic carbocycles. The molecule has 0 bridgehead atoms. The van der Waals surface area contributed by atoms with Gasteiger partial charge in [0.05, 0.1) is 0 Å². The summed E-state index contributed by atoms with van der Waals surface area (Å²) in [5.74, 6) is -1.54. The van der Waals surface area contributed by atoms with Crippen LogP contribution in [0.2, 0.25) is 0 Å². The van der Waals surface area contributed by atoms with Gasteiger partial charge in [-0.05, 0) is 48.9 Å². The maximum atomic E-state index is 12.5. The van der Waals surface area contributed by atoms with Crippen LogP contribution in [-0.4, -0.2) is 41.3 Å². The van der Waals surface area contributed by atoms with Crippen LogP contribution in [0.15, 0.2) is 61.2 Å². The standard InChI is InChI=1S/C26H30N2O5/c1-4-9-22(24(30)31)27-23(29)14-15-26(2,3)28-25(32)33-16-21-19-12-7-5-10-17(19)18-11-6-8-13-20(18)21/h4-8,10-13,21-22H,1,9,14-16H2,2-3H3,(H,27,29)(H,28,32)(H,30,31). The molecule has 1 atom stereocenters. The highest BCUT2D eigenvalue weighted by atomic mass is 16.5. The van der Waals surface area contributed by atoms with Crippen LogP contribution in [0.4, 0.5) is 4.79 Å². The summed E-state index contributed by atoms with van der Waals surface area (Å²) in [5, 5.41) is 14.4. The lowest BCUT2D eigenvalue weighted by atomic mass is 9.98. The number of carbonyl (C=O) groups excluding carboxylic acids is 2. The van der Waals surface area contributed by atoms with Gasteiger partial charge in [0.15, 0.2) is 0 Å². The van der Waals surface area contributed by atoms with Crippen molar-refractivity contribution in [3.8, 4) is 11.1 Å². The second kappa shape index (κ2) is 10.3. The van der Waals surface area contributed by atoms with Crippen LogP contribution >= 0.6 is 0 Å². The molecular formula is C26H30N2O5. The average molecular weight is 451 g/mol. The number of carboxylic acids is 1. The van der Waals surface area contributed by atoms with Gasteiger partial charge in [0.25, 0.3) is 0 Å². The predicted octanol–water partition coefficient (Wildman–Crippen LogP) is 4.23. The highest BCUT2D eigenvalue weighted by Crippen LogP contribution is 2.44. The zero-order valence-corrected chi connectivity index (χ0v) is 19.0.